The number of rotatable bonds is 1. The van der Waals surface area contributed by atoms with Crippen LogP contribution in [0, 0.1) is 11.3 Å². The van der Waals surface area contributed by atoms with Crippen molar-refractivity contribution in [3.63, 3.8) is 0 Å². The third-order valence-corrected chi connectivity index (χ3v) is 4.92. The Bertz CT molecular complexity index is 409. The van der Waals surface area contributed by atoms with E-state index < -0.39 is 0 Å². The van der Waals surface area contributed by atoms with E-state index in [1.165, 1.54) is 19.3 Å². The highest BCUT2D eigenvalue weighted by molar-refractivity contribution is 5.82. The third-order valence-electron chi connectivity index (χ3n) is 4.92. The van der Waals surface area contributed by atoms with Gasteiger partial charge in [-0.25, -0.2) is 4.79 Å². The van der Waals surface area contributed by atoms with Crippen LogP contribution in [-0.4, -0.2) is 54.0 Å². The number of hydrogen-bond donors (Lipinski definition) is 1. The second-order valence-electron chi connectivity index (χ2n) is 7.85. The Morgan fingerprint density at radius 3 is 2.05 bits per heavy atom. The molecule has 0 aromatic rings. The van der Waals surface area contributed by atoms with Crippen LogP contribution in [0.25, 0.3) is 0 Å². The lowest BCUT2D eigenvalue weighted by Gasteiger charge is -2.39. The molecule has 22 heavy (non-hydrogen) atoms. The molecule has 5 nitrogen and oxygen atoms in total. The molecule has 2 atom stereocenters. The summed E-state index contributed by atoms with van der Waals surface area (Å²) >= 11 is 0. The highest BCUT2D eigenvalue weighted by atomic mass is 16.2. The zero-order valence-corrected chi connectivity index (χ0v) is 14.5. The summed E-state index contributed by atoms with van der Waals surface area (Å²) in [7, 11) is 0. The summed E-state index contributed by atoms with van der Waals surface area (Å²) in [5, 5.41) is 3.20. The summed E-state index contributed by atoms with van der Waals surface area (Å²) in [5.41, 5.74) is -0.345. The first-order chi connectivity index (χ1) is 10.3. The van der Waals surface area contributed by atoms with Crippen molar-refractivity contribution in [1.82, 2.24) is 15.1 Å². The van der Waals surface area contributed by atoms with E-state index in [0.717, 1.165) is 6.42 Å². The van der Waals surface area contributed by atoms with E-state index >= 15 is 0 Å². The molecule has 1 N–H and O–H groups in total. The fourth-order valence-corrected chi connectivity index (χ4v) is 3.37. The predicted molar refractivity (Wildman–Crippen MR) is 87.6 cm³/mol. The highest BCUT2D eigenvalue weighted by Gasteiger charge is 2.32. The number of hydrogen-bond acceptors (Lipinski definition) is 2. The van der Waals surface area contributed by atoms with Crippen LogP contribution in [0.2, 0.25) is 0 Å². The minimum Gasteiger partial charge on any atom is -0.339 e. The Hall–Kier alpha value is -1.26. The molecule has 1 heterocycles. The van der Waals surface area contributed by atoms with Gasteiger partial charge >= 0.3 is 6.03 Å². The largest absolute Gasteiger partial charge is 0.339 e. The molecule has 0 aromatic carbocycles. The van der Waals surface area contributed by atoms with Crippen molar-refractivity contribution in [2.45, 2.75) is 59.4 Å². The Kier molecular flexibility index (Phi) is 5.35. The Balaban J connectivity index is 1.81. The molecule has 1 aliphatic carbocycles. The summed E-state index contributed by atoms with van der Waals surface area (Å²) in [6, 6.07) is 0.358. The van der Waals surface area contributed by atoms with Crippen LogP contribution >= 0.6 is 0 Å². The third kappa shape index (κ3) is 4.14. The first-order valence-corrected chi connectivity index (χ1v) is 8.64. The maximum absolute atomic E-state index is 12.4. The van der Waals surface area contributed by atoms with Gasteiger partial charge in [-0.1, -0.05) is 40.5 Å². The Labute approximate surface area is 134 Å². The van der Waals surface area contributed by atoms with Crippen molar-refractivity contribution < 1.29 is 9.59 Å². The lowest BCUT2D eigenvalue weighted by atomic mass is 9.86. The second-order valence-corrected chi connectivity index (χ2v) is 7.85. The highest BCUT2D eigenvalue weighted by Crippen LogP contribution is 2.24. The van der Waals surface area contributed by atoms with Gasteiger partial charge in [0.05, 0.1) is 0 Å². The van der Waals surface area contributed by atoms with Crippen LogP contribution in [-0.2, 0) is 4.79 Å². The maximum Gasteiger partial charge on any atom is 0.317 e. The van der Waals surface area contributed by atoms with Gasteiger partial charge in [-0.3, -0.25) is 4.79 Å². The SMILES string of the molecule is C[C@@H]1CCCC[C@H]1NC(=O)N1CCN(C(=O)C(C)(C)C)CC1. The first-order valence-electron chi connectivity index (χ1n) is 8.64. The smallest absolute Gasteiger partial charge is 0.317 e. The molecular formula is C17H31N3O2. The molecule has 0 radical (unpaired) electrons. The van der Waals surface area contributed by atoms with Crippen molar-refractivity contribution in [2.24, 2.45) is 11.3 Å². The van der Waals surface area contributed by atoms with Gasteiger partial charge in [0.25, 0.3) is 0 Å². The number of urea groups is 1. The van der Waals surface area contributed by atoms with Crippen LogP contribution < -0.4 is 5.32 Å². The van der Waals surface area contributed by atoms with E-state index in [1.807, 2.05) is 30.6 Å². The minimum absolute atomic E-state index is 0.0432. The quantitative estimate of drug-likeness (QED) is 0.809. The lowest BCUT2D eigenvalue weighted by Crippen LogP contribution is -2.56. The summed E-state index contributed by atoms with van der Waals surface area (Å²) in [5.74, 6) is 0.745. The van der Waals surface area contributed by atoms with Gasteiger partial charge in [0.1, 0.15) is 0 Å². The predicted octanol–water partition coefficient (Wildman–Crippen LogP) is 2.47. The normalized spacial score (nSPS) is 26.7. The number of piperazine rings is 1. The number of carbonyl (C=O) groups is 2. The fourth-order valence-electron chi connectivity index (χ4n) is 3.37. The fraction of sp³-hybridized carbons (Fsp3) is 0.882. The molecule has 0 bridgehead atoms. The van der Waals surface area contributed by atoms with E-state index in [0.29, 0.717) is 38.1 Å². The average Bonchev–Trinajstić information content (AvgIpc) is 2.48. The molecule has 5 heteroatoms. The minimum atomic E-state index is -0.345. The van der Waals surface area contributed by atoms with Gasteiger partial charge in [-0.15, -0.1) is 0 Å². The Morgan fingerprint density at radius 1 is 0.955 bits per heavy atom. The summed E-state index contributed by atoms with van der Waals surface area (Å²) in [6.07, 6.45) is 4.79. The topological polar surface area (TPSA) is 52.7 Å². The van der Waals surface area contributed by atoms with E-state index in [4.69, 9.17) is 0 Å². The maximum atomic E-state index is 12.4. The number of nitrogens with one attached hydrogen (secondary N) is 1. The molecule has 1 saturated carbocycles. The molecule has 0 spiro atoms. The van der Waals surface area contributed by atoms with Gasteiger partial charge in [-0.2, -0.15) is 0 Å². The van der Waals surface area contributed by atoms with Crippen molar-refractivity contribution in [3.05, 3.63) is 0 Å². The summed E-state index contributed by atoms with van der Waals surface area (Å²) in [4.78, 5) is 28.4. The van der Waals surface area contributed by atoms with Gasteiger partial charge in [-0.05, 0) is 18.8 Å². The Morgan fingerprint density at radius 2 is 1.50 bits per heavy atom. The second kappa shape index (κ2) is 6.88. The number of nitrogens with zero attached hydrogens (tertiary/aromatic N) is 2. The summed E-state index contributed by atoms with van der Waals surface area (Å²) < 4.78 is 0. The van der Waals surface area contributed by atoms with Gasteiger partial charge in [0.2, 0.25) is 5.91 Å². The average molecular weight is 309 g/mol. The van der Waals surface area contributed by atoms with Crippen LogP contribution in [0.4, 0.5) is 4.79 Å². The van der Waals surface area contributed by atoms with Crippen LogP contribution in [0.3, 0.4) is 0 Å². The summed E-state index contributed by atoms with van der Waals surface area (Å²) in [6.45, 7) is 10.6. The standard InChI is InChI=1S/C17H31N3O2/c1-13-7-5-6-8-14(13)18-16(22)20-11-9-19(10-12-20)15(21)17(2,3)4/h13-14H,5-12H2,1-4H3,(H,18,22)/t13-,14-/m1/s1. The van der Waals surface area contributed by atoms with E-state index in [2.05, 4.69) is 12.2 Å². The molecule has 1 aliphatic heterocycles. The number of amides is 3. The molecule has 1 saturated heterocycles. The van der Waals surface area contributed by atoms with Crippen LogP contribution in [0.15, 0.2) is 0 Å². The van der Waals surface area contributed by atoms with Crippen molar-refractivity contribution in [3.8, 4) is 0 Å². The van der Waals surface area contributed by atoms with Crippen molar-refractivity contribution >= 4 is 11.9 Å². The van der Waals surface area contributed by atoms with E-state index in [9.17, 15) is 9.59 Å². The van der Waals surface area contributed by atoms with Gasteiger partial charge < -0.3 is 15.1 Å². The first kappa shape index (κ1) is 17.1. The van der Waals surface area contributed by atoms with Crippen molar-refractivity contribution in [2.75, 3.05) is 26.2 Å². The molecular weight excluding hydrogens is 278 g/mol. The zero-order chi connectivity index (χ0) is 16.3. The van der Waals surface area contributed by atoms with Crippen LogP contribution in [0.5, 0.6) is 0 Å². The molecule has 3 amide bonds. The molecule has 2 fully saturated rings. The monoisotopic (exact) mass is 309 g/mol. The molecule has 0 unspecified atom stereocenters. The lowest BCUT2D eigenvalue weighted by molar-refractivity contribution is -0.140. The van der Waals surface area contributed by atoms with Crippen molar-refractivity contribution in [1.29, 1.82) is 0 Å². The van der Waals surface area contributed by atoms with Gasteiger partial charge in [0.15, 0.2) is 0 Å². The van der Waals surface area contributed by atoms with Gasteiger partial charge in [0, 0.05) is 37.6 Å². The van der Waals surface area contributed by atoms with E-state index in [1.54, 1.807) is 0 Å². The molecule has 0 aromatic heterocycles. The molecule has 126 valence electrons. The molecule has 2 rings (SSSR count). The molecule has 2 aliphatic rings. The number of carbonyl (C=O) groups excluding carboxylic acids is 2. The van der Waals surface area contributed by atoms with Crippen LogP contribution in [0.1, 0.15) is 53.4 Å². The van der Waals surface area contributed by atoms with E-state index in [-0.39, 0.29) is 17.4 Å². The zero-order valence-electron chi connectivity index (χ0n) is 14.5.